The number of aromatic nitrogens is 1. The van der Waals surface area contributed by atoms with E-state index in [1.54, 1.807) is 19.3 Å². The van der Waals surface area contributed by atoms with Crippen LogP contribution in [0.4, 0.5) is 5.82 Å². The topological polar surface area (TPSA) is 70.6 Å². The fourth-order valence-corrected chi connectivity index (χ4v) is 2.48. The first-order valence-corrected chi connectivity index (χ1v) is 9.24. The zero-order chi connectivity index (χ0) is 19.2. The Morgan fingerprint density at radius 2 is 1.93 bits per heavy atom. The monoisotopic (exact) mass is 367 g/mol. The SMILES string of the molecule is C=CCOc1ccccc1CNC(=NC)NCCCCNc1ccccn1. The third kappa shape index (κ3) is 7.81. The molecule has 0 fully saturated rings. The van der Waals surface area contributed by atoms with Gasteiger partial charge in [0.2, 0.25) is 0 Å². The van der Waals surface area contributed by atoms with Crippen LogP contribution in [0.15, 0.2) is 66.3 Å². The van der Waals surface area contributed by atoms with Gasteiger partial charge in [-0.2, -0.15) is 0 Å². The van der Waals surface area contributed by atoms with Crippen molar-refractivity contribution in [3.63, 3.8) is 0 Å². The second kappa shape index (κ2) is 12.4. The number of anilines is 1. The summed E-state index contributed by atoms with van der Waals surface area (Å²) in [7, 11) is 1.78. The molecule has 0 bridgehead atoms. The van der Waals surface area contributed by atoms with Crippen molar-refractivity contribution in [3.8, 4) is 5.75 Å². The van der Waals surface area contributed by atoms with E-state index >= 15 is 0 Å². The largest absolute Gasteiger partial charge is 0.489 e. The average Bonchev–Trinajstić information content (AvgIpc) is 2.72. The van der Waals surface area contributed by atoms with E-state index in [2.05, 4.69) is 32.5 Å². The van der Waals surface area contributed by atoms with Crippen molar-refractivity contribution in [1.29, 1.82) is 0 Å². The van der Waals surface area contributed by atoms with Gasteiger partial charge in [-0.3, -0.25) is 4.99 Å². The lowest BCUT2D eigenvalue weighted by molar-refractivity contribution is 0.358. The summed E-state index contributed by atoms with van der Waals surface area (Å²) in [4.78, 5) is 8.52. The summed E-state index contributed by atoms with van der Waals surface area (Å²) in [6.07, 6.45) is 5.63. The van der Waals surface area contributed by atoms with E-state index in [1.807, 2.05) is 42.5 Å². The Hall–Kier alpha value is -3.02. The van der Waals surface area contributed by atoms with Crippen LogP contribution in [0.1, 0.15) is 18.4 Å². The molecule has 0 unspecified atom stereocenters. The number of unbranched alkanes of at least 4 members (excludes halogenated alkanes) is 1. The fourth-order valence-electron chi connectivity index (χ4n) is 2.48. The van der Waals surface area contributed by atoms with Crippen molar-refractivity contribution < 1.29 is 4.74 Å². The number of nitrogens with one attached hydrogen (secondary N) is 3. The van der Waals surface area contributed by atoms with Crippen molar-refractivity contribution in [2.45, 2.75) is 19.4 Å². The third-order valence-electron chi connectivity index (χ3n) is 3.87. The van der Waals surface area contributed by atoms with Crippen molar-refractivity contribution in [3.05, 3.63) is 66.9 Å². The normalized spacial score (nSPS) is 10.9. The molecule has 1 aromatic carbocycles. The second-order valence-electron chi connectivity index (χ2n) is 5.91. The number of pyridine rings is 1. The Labute approximate surface area is 161 Å². The predicted molar refractivity (Wildman–Crippen MR) is 112 cm³/mol. The molecule has 3 N–H and O–H groups in total. The molecule has 2 aromatic rings. The molecule has 0 spiro atoms. The number of ether oxygens (including phenoxy) is 1. The summed E-state index contributed by atoms with van der Waals surface area (Å²) in [5, 5.41) is 9.98. The summed E-state index contributed by atoms with van der Waals surface area (Å²) >= 11 is 0. The van der Waals surface area contributed by atoms with Crippen LogP contribution in [0, 0.1) is 0 Å². The molecular weight excluding hydrogens is 338 g/mol. The van der Waals surface area contributed by atoms with Crippen LogP contribution in [0.2, 0.25) is 0 Å². The number of nitrogens with zero attached hydrogens (tertiary/aromatic N) is 2. The van der Waals surface area contributed by atoms with Gasteiger partial charge in [0, 0.05) is 38.4 Å². The maximum atomic E-state index is 5.68. The Morgan fingerprint density at radius 1 is 1.11 bits per heavy atom. The van der Waals surface area contributed by atoms with E-state index in [4.69, 9.17) is 4.74 Å². The molecule has 0 atom stereocenters. The van der Waals surface area contributed by atoms with Crippen LogP contribution in [-0.4, -0.2) is 37.7 Å². The molecule has 6 nitrogen and oxygen atoms in total. The van der Waals surface area contributed by atoms with Crippen molar-refractivity contribution in [2.75, 3.05) is 32.1 Å². The molecule has 27 heavy (non-hydrogen) atoms. The number of hydrogen-bond acceptors (Lipinski definition) is 4. The Kier molecular flexibility index (Phi) is 9.28. The average molecular weight is 367 g/mol. The Bertz CT molecular complexity index is 703. The first kappa shape index (κ1) is 20.3. The van der Waals surface area contributed by atoms with Crippen LogP contribution >= 0.6 is 0 Å². The fraction of sp³-hybridized carbons (Fsp3) is 0.333. The van der Waals surface area contributed by atoms with Gasteiger partial charge in [0.15, 0.2) is 5.96 Å². The first-order chi connectivity index (χ1) is 13.3. The zero-order valence-corrected chi connectivity index (χ0v) is 15.9. The van der Waals surface area contributed by atoms with Crippen molar-refractivity contribution >= 4 is 11.8 Å². The maximum absolute atomic E-state index is 5.68. The van der Waals surface area contributed by atoms with Crippen LogP contribution in [0.3, 0.4) is 0 Å². The summed E-state index contributed by atoms with van der Waals surface area (Å²) < 4.78 is 5.68. The number of guanidine groups is 1. The number of para-hydroxylation sites is 1. The number of hydrogen-bond donors (Lipinski definition) is 3. The van der Waals surface area contributed by atoms with Gasteiger partial charge in [0.1, 0.15) is 18.2 Å². The Balaban J connectivity index is 1.65. The minimum Gasteiger partial charge on any atom is -0.489 e. The van der Waals surface area contributed by atoms with Gasteiger partial charge in [-0.05, 0) is 31.0 Å². The van der Waals surface area contributed by atoms with Crippen LogP contribution in [0.5, 0.6) is 5.75 Å². The smallest absolute Gasteiger partial charge is 0.191 e. The van der Waals surface area contributed by atoms with E-state index in [-0.39, 0.29) is 0 Å². The first-order valence-electron chi connectivity index (χ1n) is 9.24. The standard InChI is InChI=1S/C21H29N5O/c1-3-16-27-19-11-5-4-10-18(19)17-26-21(22-2)25-15-9-8-14-24-20-12-6-7-13-23-20/h3-7,10-13H,1,8-9,14-17H2,2H3,(H,23,24)(H2,22,25,26). The summed E-state index contributed by atoms with van der Waals surface area (Å²) in [6, 6.07) is 13.8. The van der Waals surface area contributed by atoms with Crippen LogP contribution < -0.4 is 20.7 Å². The quantitative estimate of drug-likeness (QED) is 0.246. The number of benzene rings is 1. The van der Waals surface area contributed by atoms with Gasteiger partial charge in [-0.25, -0.2) is 4.98 Å². The van der Waals surface area contributed by atoms with Gasteiger partial charge in [0.25, 0.3) is 0 Å². The number of rotatable bonds is 11. The molecule has 1 heterocycles. The van der Waals surface area contributed by atoms with Gasteiger partial charge in [0.05, 0.1) is 0 Å². The molecule has 0 aliphatic rings. The van der Waals surface area contributed by atoms with Gasteiger partial charge < -0.3 is 20.7 Å². The molecule has 0 aliphatic heterocycles. The van der Waals surface area contributed by atoms with Crippen LogP contribution in [-0.2, 0) is 6.54 Å². The minimum atomic E-state index is 0.497. The minimum absolute atomic E-state index is 0.497. The molecule has 1 aromatic heterocycles. The van der Waals surface area contributed by atoms with Crippen LogP contribution in [0.25, 0.3) is 0 Å². The second-order valence-corrected chi connectivity index (χ2v) is 5.91. The molecule has 0 radical (unpaired) electrons. The van der Waals surface area contributed by atoms with E-state index < -0.39 is 0 Å². The van der Waals surface area contributed by atoms with Crippen molar-refractivity contribution in [1.82, 2.24) is 15.6 Å². The lowest BCUT2D eigenvalue weighted by Crippen LogP contribution is -2.37. The van der Waals surface area contributed by atoms with Gasteiger partial charge in [-0.1, -0.05) is 36.9 Å². The molecule has 2 rings (SSSR count). The van der Waals surface area contributed by atoms with Gasteiger partial charge in [-0.15, -0.1) is 0 Å². The zero-order valence-electron chi connectivity index (χ0n) is 15.9. The van der Waals surface area contributed by atoms with Gasteiger partial charge >= 0.3 is 0 Å². The highest BCUT2D eigenvalue weighted by Gasteiger charge is 2.04. The molecule has 6 heteroatoms. The van der Waals surface area contributed by atoms with E-state index in [9.17, 15) is 0 Å². The third-order valence-corrected chi connectivity index (χ3v) is 3.87. The molecule has 0 saturated heterocycles. The molecule has 0 saturated carbocycles. The maximum Gasteiger partial charge on any atom is 0.191 e. The summed E-state index contributed by atoms with van der Waals surface area (Å²) in [5.41, 5.74) is 1.09. The summed E-state index contributed by atoms with van der Waals surface area (Å²) in [5.74, 6) is 2.56. The highest BCUT2D eigenvalue weighted by Crippen LogP contribution is 2.17. The predicted octanol–water partition coefficient (Wildman–Crippen LogP) is 3.20. The highest BCUT2D eigenvalue weighted by molar-refractivity contribution is 5.79. The molecule has 0 aliphatic carbocycles. The van der Waals surface area contributed by atoms with Crippen molar-refractivity contribution in [2.24, 2.45) is 4.99 Å². The molecule has 0 amide bonds. The van der Waals surface area contributed by atoms with E-state index in [0.29, 0.717) is 13.2 Å². The van der Waals surface area contributed by atoms with E-state index in [1.165, 1.54) is 0 Å². The lowest BCUT2D eigenvalue weighted by atomic mass is 10.2. The molecular formula is C21H29N5O. The van der Waals surface area contributed by atoms with E-state index in [0.717, 1.165) is 49.0 Å². The number of aliphatic imine (C=N–C) groups is 1. The lowest BCUT2D eigenvalue weighted by Gasteiger charge is -2.14. The highest BCUT2D eigenvalue weighted by atomic mass is 16.5. The molecule has 144 valence electrons. The summed E-state index contributed by atoms with van der Waals surface area (Å²) in [6.45, 7) is 6.59. The Morgan fingerprint density at radius 3 is 2.70 bits per heavy atom.